The fourth-order valence-corrected chi connectivity index (χ4v) is 1.19. The lowest BCUT2D eigenvalue weighted by Gasteiger charge is -2.21. The normalized spacial score (nSPS) is 28.3. The van der Waals surface area contributed by atoms with Gasteiger partial charge in [-0.1, -0.05) is 0 Å². The molecule has 0 atom stereocenters. The maximum atomic E-state index is 2.30. The second-order valence-electron chi connectivity index (χ2n) is 3.09. The first-order chi connectivity index (χ1) is 3.21. The van der Waals surface area contributed by atoms with Gasteiger partial charge in [-0.3, -0.25) is 0 Å². The summed E-state index contributed by atoms with van der Waals surface area (Å²) in [5, 5.41) is 0. The molecule has 1 saturated heterocycles. The van der Waals surface area contributed by atoms with E-state index < -0.39 is 0 Å². The third kappa shape index (κ3) is 1.16. The van der Waals surface area contributed by atoms with Crippen molar-refractivity contribution in [3.63, 3.8) is 0 Å². The van der Waals surface area contributed by atoms with Gasteiger partial charge in [-0.15, -0.1) is 0 Å². The number of hydrogen-bond acceptors (Lipinski definition) is 0. The van der Waals surface area contributed by atoms with Crippen LogP contribution in [0.2, 0.25) is 0 Å². The minimum absolute atomic E-state index is 1.25. The standard InChI is InChI=1S/C6H14N/c1-7(2)5-3-4-6-7/h3-6H2,1-2H3/q+1/i1+1. The van der Waals surface area contributed by atoms with Crippen molar-refractivity contribution in [1.82, 2.24) is 0 Å². The molecule has 1 heteroatoms. The van der Waals surface area contributed by atoms with E-state index in [0.29, 0.717) is 0 Å². The zero-order valence-electron chi connectivity index (χ0n) is 5.28. The lowest BCUT2D eigenvalue weighted by molar-refractivity contribution is -0.877. The van der Waals surface area contributed by atoms with Gasteiger partial charge in [0.25, 0.3) is 0 Å². The van der Waals surface area contributed by atoms with E-state index in [1.54, 1.807) is 0 Å². The summed E-state index contributed by atoms with van der Waals surface area (Å²) in [5.41, 5.74) is 0. The van der Waals surface area contributed by atoms with Crippen molar-refractivity contribution in [3.05, 3.63) is 0 Å². The van der Waals surface area contributed by atoms with Crippen molar-refractivity contribution in [1.29, 1.82) is 0 Å². The second kappa shape index (κ2) is 1.48. The van der Waals surface area contributed by atoms with Crippen LogP contribution < -0.4 is 0 Å². The van der Waals surface area contributed by atoms with E-state index in [2.05, 4.69) is 14.1 Å². The lowest BCUT2D eigenvalue weighted by atomic mass is 10.4. The Labute approximate surface area is 45.5 Å². The van der Waals surface area contributed by atoms with Crippen LogP contribution in [0.1, 0.15) is 12.8 Å². The van der Waals surface area contributed by atoms with Crippen molar-refractivity contribution in [2.45, 2.75) is 12.8 Å². The predicted octanol–water partition coefficient (Wildman–Crippen LogP) is 0.857. The monoisotopic (exact) mass is 101 g/mol. The molecule has 0 aromatic rings. The summed E-state index contributed by atoms with van der Waals surface area (Å²) in [6, 6.07) is 0. The molecule has 0 aromatic carbocycles. The number of likely N-dealkylation sites (tertiary alicyclic amines) is 1. The van der Waals surface area contributed by atoms with Crippen LogP contribution >= 0.6 is 0 Å². The summed E-state index contributed by atoms with van der Waals surface area (Å²) in [6.07, 6.45) is 2.88. The van der Waals surface area contributed by atoms with Gasteiger partial charge < -0.3 is 4.48 Å². The van der Waals surface area contributed by atoms with Gasteiger partial charge in [0.1, 0.15) is 0 Å². The van der Waals surface area contributed by atoms with E-state index in [0.717, 1.165) is 0 Å². The van der Waals surface area contributed by atoms with E-state index in [9.17, 15) is 0 Å². The topological polar surface area (TPSA) is 0 Å². The Morgan fingerprint density at radius 1 is 1.00 bits per heavy atom. The number of rotatable bonds is 0. The zero-order chi connectivity index (χ0) is 5.33. The zero-order valence-corrected chi connectivity index (χ0v) is 5.28. The van der Waals surface area contributed by atoms with Crippen molar-refractivity contribution in [2.75, 3.05) is 27.2 Å². The molecule has 0 N–H and O–H groups in total. The fraction of sp³-hybridized carbons (Fsp3) is 1.00. The van der Waals surface area contributed by atoms with Crippen LogP contribution in [0, 0.1) is 0 Å². The van der Waals surface area contributed by atoms with Gasteiger partial charge in [0.2, 0.25) is 0 Å². The summed E-state index contributed by atoms with van der Waals surface area (Å²) >= 11 is 0. The van der Waals surface area contributed by atoms with Gasteiger partial charge in [0.05, 0.1) is 27.2 Å². The van der Waals surface area contributed by atoms with E-state index in [4.69, 9.17) is 0 Å². The van der Waals surface area contributed by atoms with Crippen molar-refractivity contribution < 1.29 is 4.48 Å². The highest BCUT2D eigenvalue weighted by molar-refractivity contribution is 4.46. The first kappa shape index (κ1) is 5.10. The second-order valence-corrected chi connectivity index (χ2v) is 3.09. The van der Waals surface area contributed by atoms with E-state index in [-0.39, 0.29) is 0 Å². The number of quaternary nitrogens is 1. The average molecular weight is 101 g/mol. The number of hydrogen-bond donors (Lipinski definition) is 0. The molecule has 0 aromatic heterocycles. The van der Waals surface area contributed by atoms with Crippen LogP contribution in [0.4, 0.5) is 0 Å². The van der Waals surface area contributed by atoms with Crippen LogP contribution in [-0.2, 0) is 0 Å². The number of nitrogens with zero attached hydrogens (tertiary/aromatic N) is 1. The largest absolute Gasteiger partial charge is 0.328 e. The third-order valence-corrected chi connectivity index (χ3v) is 1.78. The van der Waals surface area contributed by atoms with Crippen LogP contribution in [0.3, 0.4) is 0 Å². The molecule has 1 nitrogen and oxygen atoms in total. The predicted molar refractivity (Wildman–Crippen MR) is 31.1 cm³/mol. The van der Waals surface area contributed by atoms with Crippen molar-refractivity contribution in [2.24, 2.45) is 0 Å². The van der Waals surface area contributed by atoms with Crippen LogP contribution in [0.5, 0.6) is 0 Å². The maximum absolute atomic E-state index is 2.30. The Bertz CT molecular complexity index is 58.6. The summed E-state index contributed by atoms with van der Waals surface area (Å²) in [7, 11) is 4.60. The SMILES string of the molecule is C[N+]1([13CH3])CCCC1. The van der Waals surface area contributed by atoms with Gasteiger partial charge in [-0.2, -0.15) is 0 Å². The summed E-state index contributed by atoms with van der Waals surface area (Å²) in [6.45, 7) is 2.78. The van der Waals surface area contributed by atoms with Crippen molar-refractivity contribution in [3.8, 4) is 0 Å². The Hall–Kier alpha value is -0.0400. The minimum Gasteiger partial charge on any atom is -0.328 e. The van der Waals surface area contributed by atoms with Gasteiger partial charge >= 0.3 is 0 Å². The molecule has 0 radical (unpaired) electrons. The molecule has 1 rings (SSSR count). The van der Waals surface area contributed by atoms with Gasteiger partial charge in [-0.05, 0) is 0 Å². The molecule has 0 amide bonds. The Balaban J connectivity index is 2.40. The Morgan fingerprint density at radius 2 is 1.43 bits per heavy atom. The van der Waals surface area contributed by atoms with E-state index in [1.807, 2.05) is 0 Å². The minimum atomic E-state index is 1.25. The highest BCUT2D eigenvalue weighted by atomic mass is 15.4. The summed E-state index contributed by atoms with van der Waals surface area (Å²) in [4.78, 5) is 0. The molecule has 7 heavy (non-hydrogen) atoms. The molecule has 1 heterocycles. The fourth-order valence-electron chi connectivity index (χ4n) is 1.19. The van der Waals surface area contributed by atoms with E-state index in [1.165, 1.54) is 30.4 Å². The van der Waals surface area contributed by atoms with Crippen LogP contribution in [-0.4, -0.2) is 31.7 Å². The van der Waals surface area contributed by atoms with Crippen LogP contribution in [0.15, 0.2) is 0 Å². The van der Waals surface area contributed by atoms with Gasteiger partial charge in [0.15, 0.2) is 0 Å². The molecule has 1 aliphatic heterocycles. The summed E-state index contributed by atoms with van der Waals surface area (Å²) in [5.74, 6) is 0. The molecule has 0 bridgehead atoms. The lowest BCUT2D eigenvalue weighted by Crippen LogP contribution is -2.35. The molecular weight excluding hydrogens is 87.1 g/mol. The highest BCUT2D eigenvalue weighted by Crippen LogP contribution is 2.11. The van der Waals surface area contributed by atoms with Crippen molar-refractivity contribution >= 4 is 0 Å². The maximum Gasteiger partial charge on any atom is 0.0784 e. The third-order valence-electron chi connectivity index (χ3n) is 1.78. The molecule has 42 valence electrons. The quantitative estimate of drug-likeness (QED) is 0.313. The average Bonchev–Trinajstić information content (AvgIpc) is 1.84. The molecule has 0 saturated carbocycles. The smallest absolute Gasteiger partial charge is 0.0784 e. The Kier molecular flexibility index (Phi) is 1.08. The van der Waals surface area contributed by atoms with Gasteiger partial charge in [0, 0.05) is 12.8 Å². The molecule has 1 aliphatic rings. The summed E-state index contributed by atoms with van der Waals surface area (Å²) < 4.78 is 1.25. The molecular formula is C6H14N+. The first-order valence-electron chi connectivity index (χ1n) is 3.03. The Morgan fingerprint density at radius 3 is 1.57 bits per heavy atom. The first-order valence-corrected chi connectivity index (χ1v) is 3.03. The molecule has 1 fully saturated rings. The molecule has 0 unspecified atom stereocenters. The van der Waals surface area contributed by atoms with Gasteiger partial charge in [-0.25, -0.2) is 0 Å². The molecule has 0 aliphatic carbocycles. The van der Waals surface area contributed by atoms with Crippen LogP contribution in [0.25, 0.3) is 0 Å². The van der Waals surface area contributed by atoms with E-state index >= 15 is 0 Å². The molecule has 0 spiro atoms. The highest BCUT2D eigenvalue weighted by Gasteiger charge is 2.19.